The quantitative estimate of drug-likeness (QED) is 0.606. The summed E-state index contributed by atoms with van der Waals surface area (Å²) >= 11 is 13.5. The highest BCUT2D eigenvalue weighted by Gasteiger charge is 2.12. The number of aromatic nitrogens is 4. The lowest BCUT2D eigenvalue weighted by molar-refractivity contribution is 0.684. The molecule has 24 heavy (non-hydrogen) atoms. The summed E-state index contributed by atoms with van der Waals surface area (Å²) in [7, 11) is -1.22. The van der Waals surface area contributed by atoms with Gasteiger partial charge in [0, 0.05) is 27.9 Å². The molecule has 0 fully saturated rings. The van der Waals surface area contributed by atoms with Gasteiger partial charge in [0.05, 0.1) is 20.7 Å². The van der Waals surface area contributed by atoms with Gasteiger partial charge in [-0.1, -0.05) is 35.0 Å². The Morgan fingerprint density at radius 3 is 2.79 bits per heavy atom. The monoisotopic (exact) mass is 400 g/mol. The SMILES string of the molecule is Cc1cc(C)n2nc(SCC[S@@](=O)c3cc(Cl)ccc3Cl)nc2n1. The summed E-state index contributed by atoms with van der Waals surface area (Å²) < 4.78 is 14.1. The minimum atomic E-state index is -1.22. The Kier molecular flexibility index (Phi) is 5.44. The topological polar surface area (TPSA) is 60.2 Å². The number of rotatable bonds is 5. The first-order chi connectivity index (χ1) is 11.4. The van der Waals surface area contributed by atoms with Gasteiger partial charge in [0.1, 0.15) is 0 Å². The lowest BCUT2D eigenvalue weighted by atomic mass is 10.4. The van der Waals surface area contributed by atoms with Gasteiger partial charge in [-0.25, -0.2) is 9.50 Å². The van der Waals surface area contributed by atoms with E-state index in [0.717, 1.165) is 11.4 Å². The lowest BCUT2D eigenvalue weighted by Crippen LogP contribution is -2.02. The maximum Gasteiger partial charge on any atom is 0.253 e. The summed E-state index contributed by atoms with van der Waals surface area (Å²) in [5.74, 6) is 1.62. The molecule has 0 saturated heterocycles. The Morgan fingerprint density at radius 2 is 2.00 bits per heavy atom. The van der Waals surface area contributed by atoms with E-state index in [0.29, 0.717) is 37.4 Å². The molecule has 2 heterocycles. The van der Waals surface area contributed by atoms with Gasteiger partial charge in [-0.3, -0.25) is 4.21 Å². The molecule has 0 N–H and O–H groups in total. The Bertz CT molecular complexity index is 929. The average molecular weight is 401 g/mol. The third kappa shape index (κ3) is 3.91. The molecule has 0 spiro atoms. The molecule has 9 heteroatoms. The minimum Gasteiger partial charge on any atom is -0.254 e. The molecule has 0 aliphatic heterocycles. The Morgan fingerprint density at radius 1 is 1.21 bits per heavy atom. The molecule has 1 atom stereocenters. The van der Waals surface area contributed by atoms with Gasteiger partial charge >= 0.3 is 0 Å². The van der Waals surface area contributed by atoms with Crippen molar-refractivity contribution >= 4 is 51.5 Å². The molecule has 0 bridgehead atoms. The van der Waals surface area contributed by atoms with E-state index in [1.165, 1.54) is 11.8 Å². The second kappa shape index (κ2) is 7.39. The molecule has 126 valence electrons. The van der Waals surface area contributed by atoms with Crippen molar-refractivity contribution in [3.8, 4) is 0 Å². The Labute approximate surface area is 156 Å². The number of halogens is 2. The van der Waals surface area contributed by atoms with Crippen molar-refractivity contribution in [2.45, 2.75) is 23.9 Å². The van der Waals surface area contributed by atoms with Crippen LogP contribution < -0.4 is 0 Å². The first-order valence-electron chi connectivity index (χ1n) is 7.11. The number of aryl methyl sites for hydroxylation is 2. The number of hydrogen-bond acceptors (Lipinski definition) is 5. The second-order valence-electron chi connectivity index (χ2n) is 5.12. The molecule has 1 aromatic carbocycles. The number of nitrogens with zero attached hydrogens (tertiary/aromatic N) is 4. The van der Waals surface area contributed by atoms with Gasteiger partial charge in [0.15, 0.2) is 0 Å². The molecule has 0 aliphatic carbocycles. The summed E-state index contributed by atoms with van der Waals surface area (Å²) in [5, 5.41) is 6.02. The Balaban J connectivity index is 1.67. The fourth-order valence-corrected chi connectivity index (χ4v) is 4.96. The van der Waals surface area contributed by atoms with Gasteiger partial charge in [-0.2, -0.15) is 4.98 Å². The van der Waals surface area contributed by atoms with Crippen LogP contribution in [-0.2, 0) is 10.8 Å². The summed E-state index contributed by atoms with van der Waals surface area (Å²) in [4.78, 5) is 9.30. The third-order valence-corrected chi connectivity index (χ3v) is 6.42. The summed E-state index contributed by atoms with van der Waals surface area (Å²) in [5.41, 5.74) is 1.88. The minimum absolute atomic E-state index is 0.436. The van der Waals surface area contributed by atoms with E-state index in [1.54, 1.807) is 22.7 Å². The highest BCUT2D eigenvalue weighted by Crippen LogP contribution is 2.25. The molecule has 0 saturated carbocycles. The summed E-state index contributed by atoms with van der Waals surface area (Å²) in [6.45, 7) is 3.88. The van der Waals surface area contributed by atoms with Crippen LogP contribution in [0.25, 0.3) is 5.78 Å². The highest BCUT2D eigenvalue weighted by atomic mass is 35.5. The maximum atomic E-state index is 12.4. The zero-order chi connectivity index (χ0) is 17.3. The largest absolute Gasteiger partial charge is 0.254 e. The van der Waals surface area contributed by atoms with Crippen LogP contribution in [0, 0.1) is 13.8 Å². The average Bonchev–Trinajstić information content (AvgIpc) is 2.92. The zero-order valence-electron chi connectivity index (χ0n) is 13.0. The summed E-state index contributed by atoms with van der Waals surface area (Å²) in [6, 6.07) is 6.93. The third-order valence-electron chi connectivity index (χ3n) is 3.24. The predicted molar refractivity (Wildman–Crippen MR) is 98.7 cm³/mol. The van der Waals surface area contributed by atoms with Gasteiger partial charge in [-0.15, -0.1) is 5.10 Å². The fourth-order valence-electron chi connectivity index (χ4n) is 2.18. The van der Waals surface area contributed by atoms with Crippen molar-refractivity contribution in [3.05, 3.63) is 45.7 Å². The van der Waals surface area contributed by atoms with Crippen LogP contribution in [0.1, 0.15) is 11.4 Å². The lowest BCUT2D eigenvalue weighted by Gasteiger charge is -2.04. The molecule has 3 aromatic rings. The normalized spacial score (nSPS) is 12.7. The first-order valence-corrected chi connectivity index (χ1v) is 10.2. The van der Waals surface area contributed by atoms with Crippen molar-refractivity contribution in [1.29, 1.82) is 0 Å². The number of benzene rings is 1. The van der Waals surface area contributed by atoms with E-state index >= 15 is 0 Å². The molecule has 2 aromatic heterocycles. The molecule has 3 rings (SSSR count). The predicted octanol–water partition coefficient (Wildman–Crippen LogP) is 3.95. The van der Waals surface area contributed by atoms with Crippen LogP contribution in [0.5, 0.6) is 0 Å². The second-order valence-corrected chi connectivity index (χ2v) is 8.56. The van der Waals surface area contributed by atoms with E-state index < -0.39 is 10.8 Å². The molecule has 0 radical (unpaired) electrons. The fraction of sp³-hybridized carbons (Fsp3) is 0.267. The van der Waals surface area contributed by atoms with Crippen LogP contribution in [-0.4, -0.2) is 35.3 Å². The van der Waals surface area contributed by atoms with E-state index in [9.17, 15) is 4.21 Å². The molecular weight excluding hydrogens is 387 g/mol. The smallest absolute Gasteiger partial charge is 0.253 e. The van der Waals surface area contributed by atoms with E-state index in [2.05, 4.69) is 15.1 Å². The van der Waals surface area contributed by atoms with Gasteiger partial charge in [-0.05, 0) is 38.1 Å². The molecule has 5 nitrogen and oxygen atoms in total. The number of thioether (sulfide) groups is 1. The standard InChI is InChI=1S/C15H14Cl2N4OS2/c1-9-7-10(2)21-14(18-9)19-15(20-21)23-5-6-24(22)13-8-11(16)3-4-12(13)17/h3-4,7-8H,5-6H2,1-2H3/t24-/m1/s1. The molecule has 0 aliphatic rings. The van der Waals surface area contributed by atoms with E-state index in [-0.39, 0.29) is 0 Å². The number of fused-ring (bicyclic) bond motifs is 1. The summed E-state index contributed by atoms with van der Waals surface area (Å²) in [6.07, 6.45) is 0. The first kappa shape index (κ1) is 17.7. The maximum absolute atomic E-state index is 12.4. The zero-order valence-corrected chi connectivity index (χ0v) is 16.1. The van der Waals surface area contributed by atoms with Gasteiger partial charge in [0.2, 0.25) is 5.16 Å². The van der Waals surface area contributed by atoms with Crippen molar-refractivity contribution in [3.63, 3.8) is 0 Å². The van der Waals surface area contributed by atoms with Crippen LogP contribution in [0.2, 0.25) is 10.0 Å². The van der Waals surface area contributed by atoms with Crippen molar-refractivity contribution in [2.75, 3.05) is 11.5 Å². The van der Waals surface area contributed by atoms with Crippen LogP contribution >= 0.6 is 35.0 Å². The number of hydrogen-bond donors (Lipinski definition) is 0. The van der Waals surface area contributed by atoms with Crippen LogP contribution in [0.4, 0.5) is 0 Å². The van der Waals surface area contributed by atoms with Crippen molar-refractivity contribution < 1.29 is 4.21 Å². The van der Waals surface area contributed by atoms with Crippen molar-refractivity contribution in [2.24, 2.45) is 0 Å². The Hall–Kier alpha value is -1.15. The van der Waals surface area contributed by atoms with Gasteiger partial charge < -0.3 is 0 Å². The van der Waals surface area contributed by atoms with Crippen LogP contribution in [0.3, 0.4) is 0 Å². The van der Waals surface area contributed by atoms with Crippen molar-refractivity contribution in [1.82, 2.24) is 19.6 Å². The molecule has 0 amide bonds. The highest BCUT2D eigenvalue weighted by molar-refractivity contribution is 8.00. The molecular formula is C15H14Cl2N4OS2. The van der Waals surface area contributed by atoms with Gasteiger partial charge in [0.25, 0.3) is 5.78 Å². The van der Waals surface area contributed by atoms with E-state index in [1.807, 2.05) is 19.9 Å². The van der Waals surface area contributed by atoms with E-state index in [4.69, 9.17) is 23.2 Å². The molecule has 0 unspecified atom stereocenters. The van der Waals surface area contributed by atoms with Crippen LogP contribution in [0.15, 0.2) is 34.3 Å².